The van der Waals surface area contributed by atoms with Crippen molar-refractivity contribution in [2.45, 2.75) is 60.5 Å². The zero-order chi connectivity index (χ0) is 14.8. The molecule has 3 aliphatic rings. The third-order valence-electron chi connectivity index (χ3n) is 4.69. The highest BCUT2D eigenvalue weighted by molar-refractivity contribution is 7.92. The number of benzene rings is 1. The highest BCUT2D eigenvalue weighted by Gasteiger charge is 2.45. The molecule has 0 saturated heterocycles. The van der Waals surface area contributed by atoms with Crippen LogP contribution in [0.15, 0.2) is 17.0 Å². The van der Waals surface area contributed by atoms with Crippen molar-refractivity contribution in [1.82, 2.24) is 0 Å². The van der Waals surface area contributed by atoms with Gasteiger partial charge < -0.3 is 0 Å². The van der Waals surface area contributed by atoms with E-state index in [4.69, 9.17) is 11.6 Å². The summed E-state index contributed by atoms with van der Waals surface area (Å²) in [5.74, 6) is 0.551. The van der Waals surface area contributed by atoms with Crippen molar-refractivity contribution in [2.75, 3.05) is 0 Å². The first-order chi connectivity index (χ1) is 10.00. The second kappa shape index (κ2) is 4.56. The first-order valence-corrected chi connectivity index (χ1v) is 9.53. The molecule has 3 saturated carbocycles. The van der Waals surface area contributed by atoms with Gasteiger partial charge in [0.25, 0.3) is 5.24 Å². The highest BCUT2D eigenvalue weighted by atomic mass is 35.5. The van der Waals surface area contributed by atoms with Crippen molar-refractivity contribution in [2.24, 2.45) is 0 Å². The van der Waals surface area contributed by atoms with Gasteiger partial charge in [0.05, 0.1) is 10.1 Å². The van der Waals surface area contributed by atoms with Crippen molar-refractivity contribution in [3.63, 3.8) is 0 Å². The molecule has 0 aliphatic heterocycles. The Balaban J connectivity index is 1.99. The van der Waals surface area contributed by atoms with Crippen LogP contribution in [0.2, 0.25) is 0 Å². The molecule has 3 nitrogen and oxygen atoms in total. The predicted molar refractivity (Wildman–Crippen MR) is 80.8 cm³/mol. The second-order valence-electron chi connectivity index (χ2n) is 6.51. The minimum atomic E-state index is -3.30. The summed E-state index contributed by atoms with van der Waals surface area (Å²) in [4.78, 5) is 12.2. The molecule has 0 N–H and O–H groups in total. The molecule has 0 atom stereocenters. The summed E-state index contributed by atoms with van der Waals surface area (Å²) in [5.41, 5.74) is 2.07. The number of carbonyl (C=O) groups is 1. The lowest BCUT2D eigenvalue weighted by molar-refractivity contribution is 0.108. The monoisotopic (exact) mass is 324 g/mol. The third kappa shape index (κ3) is 2.33. The van der Waals surface area contributed by atoms with Crippen LogP contribution < -0.4 is 0 Å². The summed E-state index contributed by atoms with van der Waals surface area (Å²) < 4.78 is 25.8. The van der Waals surface area contributed by atoms with E-state index in [0.29, 0.717) is 16.4 Å². The largest absolute Gasteiger partial charge is 0.276 e. The van der Waals surface area contributed by atoms with Gasteiger partial charge in [-0.05, 0) is 79.2 Å². The summed E-state index contributed by atoms with van der Waals surface area (Å²) in [6.07, 6.45) is 5.50. The molecule has 0 radical (unpaired) electrons. The lowest BCUT2D eigenvalue weighted by Gasteiger charge is -2.17. The summed E-state index contributed by atoms with van der Waals surface area (Å²) in [6.45, 7) is 0. The topological polar surface area (TPSA) is 51.2 Å². The molecule has 0 bridgehead atoms. The standard InChI is InChI=1S/C16H17ClO3S/c17-16(18)13-8-7-12(9-1-2-9)15(14(13)10-3-4-10)21(19,20)11-5-6-11/h7-11H,1-6H2. The van der Waals surface area contributed by atoms with Crippen LogP contribution in [0, 0.1) is 0 Å². The maximum absolute atomic E-state index is 12.9. The van der Waals surface area contributed by atoms with Crippen LogP contribution in [0.5, 0.6) is 0 Å². The van der Waals surface area contributed by atoms with E-state index in [9.17, 15) is 13.2 Å². The Bertz CT molecular complexity index is 726. The van der Waals surface area contributed by atoms with Crippen LogP contribution in [0.3, 0.4) is 0 Å². The van der Waals surface area contributed by atoms with E-state index in [1.807, 2.05) is 6.07 Å². The van der Waals surface area contributed by atoms with E-state index in [1.165, 1.54) is 0 Å². The third-order valence-corrected chi connectivity index (χ3v) is 7.27. The van der Waals surface area contributed by atoms with E-state index in [1.54, 1.807) is 6.07 Å². The molecule has 3 fully saturated rings. The van der Waals surface area contributed by atoms with Gasteiger partial charge in [-0.2, -0.15) is 0 Å². The van der Waals surface area contributed by atoms with E-state index in [2.05, 4.69) is 0 Å². The van der Waals surface area contributed by atoms with Crippen molar-refractivity contribution in [3.8, 4) is 0 Å². The molecule has 112 valence electrons. The normalized spacial score (nSPS) is 22.3. The van der Waals surface area contributed by atoms with Gasteiger partial charge in [-0.1, -0.05) is 6.07 Å². The smallest absolute Gasteiger partial charge is 0.252 e. The van der Waals surface area contributed by atoms with Crippen molar-refractivity contribution in [1.29, 1.82) is 0 Å². The fourth-order valence-corrected chi connectivity index (χ4v) is 5.54. The molecule has 0 amide bonds. The Kier molecular flexibility index (Phi) is 2.99. The average molecular weight is 325 g/mol. The zero-order valence-corrected chi connectivity index (χ0v) is 13.2. The Morgan fingerprint density at radius 1 is 1.00 bits per heavy atom. The van der Waals surface area contributed by atoms with Crippen molar-refractivity contribution < 1.29 is 13.2 Å². The SMILES string of the molecule is O=C(Cl)c1ccc(C2CC2)c(S(=O)(=O)C2CC2)c1C1CC1. The second-order valence-corrected chi connectivity index (χ2v) is 9.02. The van der Waals surface area contributed by atoms with Gasteiger partial charge in [-0.25, -0.2) is 8.42 Å². The maximum atomic E-state index is 12.9. The van der Waals surface area contributed by atoms with Crippen molar-refractivity contribution in [3.05, 3.63) is 28.8 Å². The van der Waals surface area contributed by atoms with Crippen LogP contribution in [-0.2, 0) is 9.84 Å². The van der Waals surface area contributed by atoms with Crippen LogP contribution in [0.1, 0.15) is 71.8 Å². The number of rotatable bonds is 5. The summed E-state index contributed by atoms with van der Waals surface area (Å²) in [5, 5.41) is -0.778. The Morgan fingerprint density at radius 2 is 1.62 bits per heavy atom. The van der Waals surface area contributed by atoms with Crippen molar-refractivity contribution >= 4 is 26.7 Å². The molecule has 5 heteroatoms. The van der Waals surface area contributed by atoms with Gasteiger partial charge in [0.15, 0.2) is 9.84 Å². The Morgan fingerprint density at radius 3 is 2.10 bits per heavy atom. The van der Waals surface area contributed by atoms with Gasteiger partial charge in [0.1, 0.15) is 0 Å². The molecule has 0 heterocycles. The van der Waals surface area contributed by atoms with Gasteiger partial charge >= 0.3 is 0 Å². The predicted octanol–water partition coefficient (Wildman–Crippen LogP) is 3.76. The lowest BCUT2D eigenvalue weighted by Crippen LogP contribution is -2.15. The van der Waals surface area contributed by atoms with Crippen LogP contribution in [0.4, 0.5) is 0 Å². The molecule has 0 unspecified atom stereocenters. The molecular formula is C16H17ClO3S. The Labute approximate surface area is 129 Å². The van der Waals surface area contributed by atoms with Crippen LogP contribution >= 0.6 is 11.6 Å². The van der Waals surface area contributed by atoms with E-state index < -0.39 is 15.1 Å². The summed E-state index contributed by atoms with van der Waals surface area (Å²) >= 11 is 5.71. The first-order valence-electron chi connectivity index (χ1n) is 7.60. The summed E-state index contributed by atoms with van der Waals surface area (Å²) in [6, 6.07) is 3.57. The molecule has 1 aromatic rings. The molecule has 0 aromatic heterocycles. The van der Waals surface area contributed by atoms with E-state index >= 15 is 0 Å². The fraction of sp³-hybridized carbons (Fsp3) is 0.562. The number of carbonyl (C=O) groups excluding carboxylic acids is 1. The Hall–Kier alpha value is -0.870. The molecule has 1 aromatic carbocycles. The van der Waals surface area contributed by atoms with Crippen LogP contribution in [0.25, 0.3) is 0 Å². The van der Waals surface area contributed by atoms with E-state index in [0.717, 1.165) is 49.7 Å². The van der Waals surface area contributed by atoms with E-state index in [-0.39, 0.29) is 11.2 Å². The van der Waals surface area contributed by atoms with Gasteiger partial charge in [0, 0.05) is 5.56 Å². The molecule has 3 aliphatic carbocycles. The number of hydrogen-bond acceptors (Lipinski definition) is 3. The molecular weight excluding hydrogens is 308 g/mol. The lowest BCUT2D eigenvalue weighted by atomic mass is 9.98. The minimum Gasteiger partial charge on any atom is -0.276 e. The number of hydrogen-bond donors (Lipinski definition) is 0. The molecule has 4 rings (SSSR count). The average Bonchev–Trinajstić information content (AvgIpc) is 3.32. The van der Waals surface area contributed by atoms with Gasteiger partial charge in [0.2, 0.25) is 0 Å². The zero-order valence-electron chi connectivity index (χ0n) is 11.6. The maximum Gasteiger partial charge on any atom is 0.252 e. The van der Waals surface area contributed by atoms with Gasteiger partial charge in [-0.3, -0.25) is 4.79 Å². The quantitative estimate of drug-likeness (QED) is 0.775. The number of halogens is 1. The van der Waals surface area contributed by atoms with Crippen LogP contribution in [-0.4, -0.2) is 18.9 Å². The summed E-state index contributed by atoms with van der Waals surface area (Å²) in [7, 11) is -3.30. The highest BCUT2D eigenvalue weighted by Crippen LogP contribution is 2.52. The molecule has 0 spiro atoms. The van der Waals surface area contributed by atoms with Gasteiger partial charge in [-0.15, -0.1) is 0 Å². The minimum absolute atomic E-state index is 0.199. The fourth-order valence-electron chi connectivity index (χ4n) is 3.14. The molecule has 21 heavy (non-hydrogen) atoms. The first kappa shape index (κ1) is 13.8. The number of sulfone groups is 1.